The standard InChI is InChI=1S/C17H24N2O2/c1-11-3-6-16(21-2)15(7-11)17(20)19-9-12-4-5-14(18)8-13(12)10-19/h3,6-7,12-14H,4-5,8-10,18H2,1-2H3/t12-,13+,14?/m1/s1. The highest BCUT2D eigenvalue weighted by molar-refractivity contribution is 5.97. The van der Waals surface area contributed by atoms with Crippen LogP contribution in [0.4, 0.5) is 0 Å². The second-order valence-electron chi connectivity index (χ2n) is 6.51. The van der Waals surface area contributed by atoms with E-state index in [2.05, 4.69) is 0 Å². The topological polar surface area (TPSA) is 55.6 Å². The maximum Gasteiger partial charge on any atom is 0.257 e. The zero-order valence-electron chi connectivity index (χ0n) is 12.8. The third-order valence-electron chi connectivity index (χ3n) is 4.96. The number of carbonyl (C=O) groups is 1. The van der Waals surface area contributed by atoms with Crippen molar-refractivity contribution in [1.82, 2.24) is 4.90 Å². The molecule has 2 N–H and O–H groups in total. The van der Waals surface area contributed by atoms with Gasteiger partial charge in [0.2, 0.25) is 0 Å². The van der Waals surface area contributed by atoms with Gasteiger partial charge in [0.1, 0.15) is 5.75 Å². The molecule has 1 aromatic carbocycles. The number of fused-ring (bicyclic) bond motifs is 1. The number of likely N-dealkylation sites (tertiary alicyclic amines) is 1. The molecule has 2 fully saturated rings. The van der Waals surface area contributed by atoms with Crippen LogP contribution < -0.4 is 10.5 Å². The van der Waals surface area contributed by atoms with Gasteiger partial charge in [-0.1, -0.05) is 11.6 Å². The summed E-state index contributed by atoms with van der Waals surface area (Å²) in [7, 11) is 1.62. The summed E-state index contributed by atoms with van der Waals surface area (Å²) in [5.74, 6) is 1.97. The summed E-state index contributed by atoms with van der Waals surface area (Å²) in [6.07, 6.45) is 3.30. The number of carbonyl (C=O) groups excluding carboxylic acids is 1. The first-order chi connectivity index (χ1) is 10.1. The molecule has 4 nitrogen and oxygen atoms in total. The monoisotopic (exact) mass is 288 g/mol. The fourth-order valence-electron chi connectivity index (χ4n) is 3.79. The van der Waals surface area contributed by atoms with Crippen molar-refractivity contribution in [3.63, 3.8) is 0 Å². The lowest BCUT2D eigenvalue weighted by Gasteiger charge is -2.27. The van der Waals surface area contributed by atoms with Gasteiger partial charge in [-0.05, 0) is 50.2 Å². The van der Waals surface area contributed by atoms with Crippen molar-refractivity contribution in [3.05, 3.63) is 29.3 Å². The van der Waals surface area contributed by atoms with Crippen molar-refractivity contribution in [2.24, 2.45) is 17.6 Å². The van der Waals surface area contributed by atoms with E-state index in [0.29, 0.717) is 29.2 Å². The molecule has 1 amide bonds. The summed E-state index contributed by atoms with van der Waals surface area (Å²) >= 11 is 0. The van der Waals surface area contributed by atoms with Crippen molar-refractivity contribution >= 4 is 5.91 Å². The van der Waals surface area contributed by atoms with Gasteiger partial charge in [0.05, 0.1) is 12.7 Å². The number of rotatable bonds is 2. The van der Waals surface area contributed by atoms with E-state index < -0.39 is 0 Å². The average molecular weight is 288 g/mol. The molecule has 3 atom stereocenters. The van der Waals surface area contributed by atoms with E-state index in [9.17, 15) is 4.79 Å². The summed E-state index contributed by atoms with van der Waals surface area (Å²) in [6.45, 7) is 3.71. The van der Waals surface area contributed by atoms with Gasteiger partial charge in [-0.15, -0.1) is 0 Å². The fourth-order valence-corrected chi connectivity index (χ4v) is 3.79. The molecule has 4 heteroatoms. The molecule has 0 spiro atoms. The largest absolute Gasteiger partial charge is 0.496 e. The third-order valence-corrected chi connectivity index (χ3v) is 4.96. The molecule has 1 saturated heterocycles. The first-order valence-corrected chi connectivity index (χ1v) is 7.78. The molecule has 2 aliphatic rings. The van der Waals surface area contributed by atoms with Crippen LogP contribution in [0.1, 0.15) is 35.2 Å². The average Bonchev–Trinajstić information content (AvgIpc) is 2.89. The maximum absolute atomic E-state index is 12.8. The number of hydrogen-bond acceptors (Lipinski definition) is 3. The molecule has 1 heterocycles. The van der Waals surface area contributed by atoms with Crippen molar-refractivity contribution in [1.29, 1.82) is 0 Å². The van der Waals surface area contributed by atoms with E-state index in [1.807, 2.05) is 30.0 Å². The van der Waals surface area contributed by atoms with Crippen molar-refractivity contribution in [2.45, 2.75) is 32.2 Å². The summed E-state index contributed by atoms with van der Waals surface area (Å²) in [4.78, 5) is 14.8. The molecule has 1 aromatic rings. The molecule has 1 saturated carbocycles. The Labute approximate surface area is 126 Å². The van der Waals surface area contributed by atoms with E-state index in [1.54, 1.807) is 7.11 Å². The molecule has 1 aliphatic carbocycles. The second-order valence-corrected chi connectivity index (χ2v) is 6.51. The Balaban J connectivity index is 1.79. The first kappa shape index (κ1) is 14.4. The molecule has 0 radical (unpaired) electrons. The minimum absolute atomic E-state index is 0.0959. The van der Waals surface area contributed by atoms with Crippen LogP contribution in [0.15, 0.2) is 18.2 Å². The molecule has 21 heavy (non-hydrogen) atoms. The lowest BCUT2D eigenvalue weighted by atomic mass is 9.79. The van der Waals surface area contributed by atoms with E-state index in [4.69, 9.17) is 10.5 Å². The summed E-state index contributed by atoms with van der Waals surface area (Å²) in [5.41, 5.74) is 7.83. The van der Waals surface area contributed by atoms with Crippen molar-refractivity contribution in [2.75, 3.05) is 20.2 Å². The Morgan fingerprint density at radius 1 is 1.29 bits per heavy atom. The molecule has 1 unspecified atom stereocenters. The highest BCUT2D eigenvalue weighted by Gasteiger charge is 2.39. The van der Waals surface area contributed by atoms with Gasteiger partial charge in [0.15, 0.2) is 0 Å². The van der Waals surface area contributed by atoms with E-state index >= 15 is 0 Å². The number of nitrogens with zero attached hydrogens (tertiary/aromatic N) is 1. The van der Waals surface area contributed by atoms with Gasteiger partial charge in [0.25, 0.3) is 5.91 Å². The fraction of sp³-hybridized carbons (Fsp3) is 0.588. The van der Waals surface area contributed by atoms with Gasteiger partial charge < -0.3 is 15.4 Å². The van der Waals surface area contributed by atoms with E-state index in [1.165, 1.54) is 0 Å². The van der Waals surface area contributed by atoms with Crippen molar-refractivity contribution < 1.29 is 9.53 Å². The Hall–Kier alpha value is -1.55. The lowest BCUT2D eigenvalue weighted by Crippen LogP contribution is -2.32. The third kappa shape index (κ3) is 2.77. The Morgan fingerprint density at radius 2 is 2.05 bits per heavy atom. The Bertz CT molecular complexity index is 544. The lowest BCUT2D eigenvalue weighted by molar-refractivity contribution is 0.0780. The smallest absolute Gasteiger partial charge is 0.257 e. The summed E-state index contributed by atoms with van der Waals surface area (Å²) in [5, 5.41) is 0. The van der Waals surface area contributed by atoms with Gasteiger partial charge in [-0.2, -0.15) is 0 Å². The van der Waals surface area contributed by atoms with E-state index in [0.717, 1.165) is 37.9 Å². The van der Waals surface area contributed by atoms with Crippen LogP contribution in [0.2, 0.25) is 0 Å². The predicted molar refractivity (Wildman–Crippen MR) is 82.4 cm³/mol. The van der Waals surface area contributed by atoms with E-state index in [-0.39, 0.29) is 5.91 Å². The molecular formula is C17H24N2O2. The van der Waals surface area contributed by atoms with Crippen LogP contribution in [0.5, 0.6) is 5.75 Å². The molecular weight excluding hydrogens is 264 g/mol. The molecule has 1 aliphatic heterocycles. The minimum atomic E-state index is 0.0959. The summed E-state index contributed by atoms with van der Waals surface area (Å²) in [6, 6.07) is 6.09. The summed E-state index contributed by atoms with van der Waals surface area (Å²) < 4.78 is 5.35. The highest BCUT2D eigenvalue weighted by Crippen LogP contribution is 2.36. The number of ether oxygens (including phenoxy) is 1. The van der Waals surface area contributed by atoms with Crippen LogP contribution in [0.3, 0.4) is 0 Å². The molecule has 0 bridgehead atoms. The predicted octanol–water partition coefficient (Wildman–Crippen LogP) is 2.20. The van der Waals surface area contributed by atoms with Gasteiger partial charge >= 0.3 is 0 Å². The maximum atomic E-state index is 12.8. The van der Waals surface area contributed by atoms with Crippen LogP contribution >= 0.6 is 0 Å². The van der Waals surface area contributed by atoms with Crippen LogP contribution in [0.25, 0.3) is 0 Å². The Morgan fingerprint density at radius 3 is 2.81 bits per heavy atom. The minimum Gasteiger partial charge on any atom is -0.496 e. The number of aryl methyl sites for hydroxylation is 1. The van der Waals surface area contributed by atoms with Gasteiger partial charge in [0, 0.05) is 19.1 Å². The first-order valence-electron chi connectivity index (χ1n) is 7.78. The SMILES string of the molecule is COc1ccc(C)cc1C(=O)N1C[C@H]2CCC(N)C[C@H]2C1. The molecule has 0 aromatic heterocycles. The number of hydrogen-bond donors (Lipinski definition) is 1. The van der Waals surface area contributed by atoms with Crippen LogP contribution in [-0.2, 0) is 0 Å². The van der Waals surface area contributed by atoms with Crippen LogP contribution in [-0.4, -0.2) is 37.0 Å². The number of amides is 1. The highest BCUT2D eigenvalue weighted by atomic mass is 16.5. The second kappa shape index (κ2) is 5.68. The zero-order chi connectivity index (χ0) is 15.0. The zero-order valence-corrected chi connectivity index (χ0v) is 12.8. The number of methoxy groups -OCH3 is 1. The van der Waals surface area contributed by atoms with Crippen molar-refractivity contribution in [3.8, 4) is 5.75 Å². The normalized spacial score (nSPS) is 28.3. The number of benzene rings is 1. The van der Waals surface area contributed by atoms with Gasteiger partial charge in [-0.25, -0.2) is 0 Å². The quantitative estimate of drug-likeness (QED) is 0.907. The number of nitrogens with two attached hydrogens (primary N) is 1. The molecule has 114 valence electrons. The van der Waals surface area contributed by atoms with Crippen LogP contribution in [0, 0.1) is 18.8 Å². The molecule has 3 rings (SSSR count). The van der Waals surface area contributed by atoms with Gasteiger partial charge in [-0.3, -0.25) is 4.79 Å². The Kier molecular flexibility index (Phi) is 3.89.